The van der Waals surface area contributed by atoms with Crippen LogP contribution >= 0.6 is 11.3 Å². The van der Waals surface area contributed by atoms with Gasteiger partial charge >= 0.3 is 0 Å². The first kappa shape index (κ1) is 16.0. The molecule has 0 aliphatic carbocycles. The number of ether oxygens (including phenoxy) is 1. The summed E-state index contributed by atoms with van der Waals surface area (Å²) in [6.45, 7) is 3.06. The van der Waals surface area contributed by atoms with E-state index in [2.05, 4.69) is 0 Å². The van der Waals surface area contributed by atoms with Crippen molar-refractivity contribution >= 4 is 17.2 Å². The van der Waals surface area contributed by atoms with E-state index in [1.807, 2.05) is 48.2 Å². The van der Waals surface area contributed by atoms with E-state index >= 15 is 0 Å². The molecule has 1 fully saturated rings. The molecule has 122 valence electrons. The number of carbonyl (C=O) groups is 1. The van der Waals surface area contributed by atoms with Crippen LogP contribution in [0.4, 0.5) is 0 Å². The van der Waals surface area contributed by atoms with Gasteiger partial charge in [-0.3, -0.25) is 4.79 Å². The van der Waals surface area contributed by atoms with Gasteiger partial charge in [-0.15, -0.1) is 11.3 Å². The molecule has 0 spiro atoms. The SMILES string of the molecule is COc1cc(C)sc1C(=O)N1CCC(O)(c2ccccc2)CC1. The molecule has 1 N–H and O–H groups in total. The molecular weight excluding hydrogens is 310 g/mol. The molecule has 0 bridgehead atoms. The summed E-state index contributed by atoms with van der Waals surface area (Å²) < 4.78 is 5.30. The second-order valence-electron chi connectivity index (χ2n) is 5.94. The Hall–Kier alpha value is -1.85. The summed E-state index contributed by atoms with van der Waals surface area (Å²) in [4.78, 5) is 16.2. The van der Waals surface area contributed by atoms with Gasteiger partial charge in [-0.05, 0) is 31.4 Å². The quantitative estimate of drug-likeness (QED) is 0.940. The molecule has 0 atom stereocenters. The zero-order valence-corrected chi connectivity index (χ0v) is 14.2. The first-order chi connectivity index (χ1) is 11.0. The van der Waals surface area contributed by atoms with E-state index in [1.54, 1.807) is 7.11 Å². The topological polar surface area (TPSA) is 49.8 Å². The predicted molar refractivity (Wildman–Crippen MR) is 91.1 cm³/mol. The summed E-state index contributed by atoms with van der Waals surface area (Å²) in [7, 11) is 1.59. The Bertz CT molecular complexity index is 688. The first-order valence-corrected chi connectivity index (χ1v) is 8.57. The second kappa shape index (κ2) is 6.34. The van der Waals surface area contributed by atoms with Gasteiger partial charge in [0.1, 0.15) is 10.6 Å². The average Bonchev–Trinajstić information content (AvgIpc) is 2.97. The van der Waals surface area contributed by atoms with Crippen molar-refractivity contribution in [3.8, 4) is 5.75 Å². The number of carbonyl (C=O) groups excluding carboxylic acids is 1. The maximum atomic E-state index is 12.7. The van der Waals surface area contributed by atoms with Gasteiger partial charge < -0.3 is 14.7 Å². The van der Waals surface area contributed by atoms with Crippen molar-refractivity contribution in [3.05, 3.63) is 51.7 Å². The van der Waals surface area contributed by atoms with Crippen molar-refractivity contribution in [2.24, 2.45) is 0 Å². The molecule has 1 aromatic heterocycles. The van der Waals surface area contributed by atoms with Crippen molar-refractivity contribution < 1.29 is 14.6 Å². The van der Waals surface area contributed by atoms with Crippen LogP contribution in [-0.4, -0.2) is 36.1 Å². The lowest BCUT2D eigenvalue weighted by molar-refractivity contribution is -0.0210. The number of aliphatic hydroxyl groups is 1. The van der Waals surface area contributed by atoms with E-state index in [9.17, 15) is 9.90 Å². The van der Waals surface area contributed by atoms with Crippen LogP contribution in [0.3, 0.4) is 0 Å². The minimum Gasteiger partial charge on any atom is -0.495 e. The van der Waals surface area contributed by atoms with Crippen LogP contribution < -0.4 is 4.74 Å². The third-order valence-electron chi connectivity index (χ3n) is 4.42. The number of hydrogen-bond donors (Lipinski definition) is 1. The number of nitrogens with zero attached hydrogens (tertiary/aromatic N) is 1. The Morgan fingerprint density at radius 3 is 2.52 bits per heavy atom. The minimum absolute atomic E-state index is 0.00457. The van der Waals surface area contributed by atoms with Gasteiger partial charge in [0.25, 0.3) is 5.91 Å². The van der Waals surface area contributed by atoms with Crippen molar-refractivity contribution in [1.29, 1.82) is 0 Å². The number of hydrogen-bond acceptors (Lipinski definition) is 4. The number of benzene rings is 1. The van der Waals surface area contributed by atoms with E-state index in [1.165, 1.54) is 11.3 Å². The molecule has 2 heterocycles. The Labute approximate surface area is 140 Å². The highest BCUT2D eigenvalue weighted by Crippen LogP contribution is 2.35. The van der Waals surface area contributed by atoms with Crippen LogP contribution in [-0.2, 0) is 5.60 Å². The molecule has 1 aliphatic rings. The van der Waals surface area contributed by atoms with Gasteiger partial charge in [0.05, 0.1) is 12.7 Å². The summed E-state index contributed by atoms with van der Waals surface area (Å²) in [5.74, 6) is 0.636. The molecule has 0 radical (unpaired) electrons. The number of likely N-dealkylation sites (tertiary alicyclic amines) is 1. The Morgan fingerprint density at radius 2 is 1.91 bits per heavy atom. The third-order valence-corrected chi connectivity index (χ3v) is 5.44. The third kappa shape index (κ3) is 3.12. The summed E-state index contributed by atoms with van der Waals surface area (Å²) in [6, 6.07) is 11.6. The summed E-state index contributed by atoms with van der Waals surface area (Å²) in [6.07, 6.45) is 1.10. The highest BCUT2D eigenvalue weighted by Gasteiger charge is 2.36. The lowest BCUT2D eigenvalue weighted by Gasteiger charge is -2.38. The van der Waals surface area contributed by atoms with Gasteiger partial charge in [0.2, 0.25) is 0 Å². The normalized spacial score (nSPS) is 17.1. The Balaban J connectivity index is 1.72. The van der Waals surface area contributed by atoms with Crippen LogP contribution in [0.15, 0.2) is 36.4 Å². The van der Waals surface area contributed by atoms with Crippen LogP contribution in [0, 0.1) is 6.92 Å². The average molecular weight is 331 g/mol. The maximum Gasteiger partial charge on any atom is 0.267 e. The summed E-state index contributed by atoms with van der Waals surface area (Å²) in [5, 5.41) is 10.9. The molecule has 1 saturated heterocycles. The number of amides is 1. The lowest BCUT2D eigenvalue weighted by atomic mass is 9.84. The van der Waals surface area contributed by atoms with Gasteiger partial charge in [0.15, 0.2) is 0 Å². The van der Waals surface area contributed by atoms with Gasteiger partial charge in [-0.2, -0.15) is 0 Å². The molecule has 1 aliphatic heterocycles. The van der Waals surface area contributed by atoms with Crippen molar-refractivity contribution in [1.82, 2.24) is 4.90 Å². The maximum absolute atomic E-state index is 12.7. The van der Waals surface area contributed by atoms with Gasteiger partial charge in [0, 0.05) is 18.0 Å². The molecule has 1 amide bonds. The zero-order chi connectivity index (χ0) is 16.4. The Morgan fingerprint density at radius 1 is 1.26 bits per heavy atom. The fourth-order valence-electron chi connectivity index (χ4n) is 3.05. The smallest absolute Gasteiger partial charge is 0.267 e. The lowest BCUT2D eigenvalue weighted by Crippen LogP contribution is -2.45. The van der Waals surface area contributed by atoms with Crippen LogP contribution in [0.5, 0.6) is 5.75 Å². The van der Waals surface area contributed by atoms with E-state index < -0.39 is 5.60 Å². The molecule has 23 heavy (non-hydrogen) atoms. The van der Waals surface area contributed by atoms with Crippen LogP contribution in [0.2, 0.25) is 0 Å². The summed E-state index contributed by atoms with van der Waals surface area (Å²) in [5.41, 5.74) is 0.0877. The molecular formula is C18H21NO3S. The van der Waals surface area contributed by atoms with E-state index in [-0.39, 0.29) is 5.91 Å². The fraction of sp³-hybridized carbons (Fsp3) is 0.389. The molecule has 2 aromatic rings. The minimum atomic E-state index is -0.840. The number of aryl methyl sites for hydroxylation is 1. The van der Waals surface area contributed by atoms with Crippen LogP contribution in [0.1, 0.15) is 33.0 Å². The van der Waals surface area contributed by atoms with Gasteiger partial charge in [-0.25, -0.2) is 0 Å². The fourth-order valence-corrected chi connectivity index (χ4v) is 4.00. The number of piperidine rings is 1. The number of methoxy groups -OCH3 is 1. The largest absolute Gasteiger partial charge is 0.495 e. The molecule has 4 nitrogen and oxygen atoms in total. The monoisotopic (exact) mass is 331 g/mol. The first-order valence-electron chi connectivity index (χ1n) is 7.75. The zero-order valence-electron chi connectivity index (χ0n) is 13.4. The van der Waals surface area contributed by atoms with Crippen LogP contribution in [0.25, 0.3) is 0 Å². The number of thiophene rings is 1. The highest BCUT2D eigenvalue weighted by molar-refractivity contribution is 7.14. The van der Waals surface area contributed by atoms with Crippen molar-refractivity contribution in [3.63, 3.8) is 0 Å². The Kier molecular flexibility index (Phi) is 4.41. The number of rotatable bonds is 3. The van der Waals surface area contributed by atoms with Crippen molar-refractivity contribution in [2.75, 3.05) is 20.2 Å². The summed E-state index contributed by atoms with van der Waals surface area (Å²) >= 11 is 1.46. The standard InChI is InChI=1S/C18H21NO3S/c1-13-12-15(22-2)16(23-13)17(20)19-10-8-18(21,9-11-19)14-6-4-3-5-7-14/h3-7,12,21H,8-11H2,1-2H3. The van der Waals surface area contributed by atoms with Crippen molar-refractivity contribution in [2.45, 2.75) is 25.4 Å². The second-order valence-corrected chi connectivity index (χ2v) is 7.20. The van der Waals surface area contributed by atoms with E-state index in [0.717, 1.165) is 10.4 Å². The molecule has 5 heteroatoms. The molecule has 0 unspecified atom stereocenters. The van der Waals surface area contributed by atoms with Gasteiger partial charge in [-0.1, -0.05) is 30.3 Å². The van der Waals surface area contributed by atoms with E-state index in [4.69, 9.17) is 4.74 Å². The molecule has 3 rings (SSSR count). The predicted octanol–water partition coefficient (Wildman–Crippen LogP) is 3.19. The van der Waals surface area contributed by atoms with E-state index in [0.29, 0.717) is 36.6 Å². The highest BCUT2D eigenvalue weighted by atomic mass is 32.1. The molecule has 0 saturated carbocycles. The molecule has 1 aromatic carbocycles.